The third-order valence-corrected chi connectivity index (χ3v) is 4.18. The van der Waals surface area contributed by atoms with Gasteiger partial charge in [0.05, 0.1) is 17.4 Å². The summed E-state index contributed by atoms with van der Waals surface area (Å²) in [6.07, 6.45) is 1.93. The number of ketones is 1. The van der Waals surface area contributed by atoms with Crippen LogP contribution in [0.1, 0.15) is 42.1 Å². The standard InChI is InChI=1S/C20H23N3O5/c1-3-16(22-19-10-8-17(12-21-19)23(26)27)13-28-20(25)11-9-18(24)15-6-4-14(2)5-7-15/h4-8,10,12,16H,3,9,11,13H2,1-2H3,(H,21,22). The van der Waals surface area contributed by atoms with Crippen LogP contribution in [0, 0.1) is 17.0 Å². The van der Waals surface area contributed by atoms with E-state index in [1.807, 2.05) is 26.0 Å². The monoisotopic (exact) mass is 385 g/mol. The van der Waals surface area contributed by atoms with E-state index in [4.69, 9.17) is 4.74 Å². The van der Waals surface area contributed by atoms with Crippen LogP contribution >= 0.6 is 0 Å². The Labute approximate surface area is 163 Å². The van der Waals surface area contributed by atoms with Crippen molar-refractivity contribution in [1.29, 1.82) is 0 Å². The lowest BCUT2D eigenvalue weighted by molar-refractivity contribution is -0.385. The van der Waals surface area contributed by atoms with E-state index >= 15 is 0 Å². The normalized spacial score (nSPS) is 11.5. The molecule has 0 aliphatic heterocycles. The Hall–Kier alpha value is -3.29. The lowest BCUT2D eigenvalue weighted by Crippen LogP contribution is -2.27. The minimum absolute atomic E-state index is 0.0128. The molecule has 1 heterocycles. The lowest BCUT2D eigenvalue weighted by atomic mass is 10.1. The molecule has 8 heteroatoms. The fourth-order valence-electron chi connectivity index (χ4n) is 2.42. The van der Waals surface area contributed by atoms with E-state index in [-0.39, 0.29) is 37.0 Å². The van der Waals surface area contributed by atoms with Gasteiger partial charge in [0, 0.05) is 18.1 Å². The Morgan fingerprint density at radius 1 is 1.18 bits per heavy atom. The largest absolute Gasteiger partial charge is 0.463 e. The van der Waals surface area contributed by atoms with Gasteiger partial charge in [-0.25, -0.2) is 4.98 Å². The molecule has 1 unspecified atom stereocenters. The number of hydrogen-bond donors (Lipinski definition) is 1. The molecule has 2 rings (SSSR count). The maximum atomic E-state index is 12.1. The first-order valence-electron chi connectivity index (χ1n) is 9.01. The molecule has 0 aliphatic carbocycles. The van der Waals surface area contributed by atoms with Crippen molar-refractivity contribution in [2.75, 3.05) is 11.9 Å². The number of ether oxygens (including phenoxy) is 1. The number of rotatable bonds is 10. The molecule has 0 amide bonds. The van der Waals surface area contributed by atoms with E-state index in [1.165, 1.54) is 12.1 Å². The number of pyridine rings is 1. The van der Waals surface area contributed by atoms with Crippen LogP contribution in [0.4, 0.5) is 11.5 Å². The van der Waals surface area contributed by atoms with E-state index in [1.54, 1.807) is 12.1 Å². The minimum atomic E-state index is -0.520. The third kappa shape index (κ3) is 6.46. The van der Waals surface area contributed by atoms with Crippen LogP contribution in [-0.2, 0) is 9.53 Å². The molecule has 2 aromatic rings. The summed E-state index contributed by atoms with van der Waals surface area (Å²) >= 11 is 0. The minimum Gasteiger partial charge on any atom is -0.463 e. The summed E-state index contributed by atoms with van der Waals surface area (Å²) in [5.74, 6) is -0.0855. The molecule has 8 nitrogen and oxygen atoms in total. The first-order valence-corrected chi connectivity index (χ1v) is 9.01. The maximum Gasteiger partial charge on any atom is 0.306 e. The first kappa shape index (κ1) is 21.0. The van der Waals surface area contributed by atoms with Crippen molar-refractivity contribution >= 4 is 23.3 Å². The molecule has 0 spiro atoms. The summed E-state index contributed by atoms with van der Waals surface area (Å²) < 4.78 is 5.24. The number of carbonyl (C=O) groups excluding carboxylic acids is 2. The molecule has 0 saturated heterocycles. The number of esters is 1. The highest BCUT2D eigenvalue weighted by molar-refractivity contribution is 5.97. The number of anilines is 1. The summed E-state index contributed by atoms with van der Waals surface area (Å²) in [4.78, 5) is 38.1. The molecule has 0 bridgehead atoms. The molecule has 0 radical (unpaired) electrons. The average molecular weight is 385 g/mol. The molecule has 0 aliphatic rings. The summed E-state index contributed by atoms with van der Waals surface area (Å²) in [5, 5.41) is 13.7. The molecule has 0 fully saturated rings. The summed E-state index contributed by atoms with van der Waals surface area (Å²) in [7, 11) is 0. The van der Waals surface area contributed by atoms with Crippen LogP contribution in [0.25, 0.3) is 0 Å². The van der Waals surface area contributed by atoms with Crippen molar-refractivity contribution in [2.45, 2.75) is 39.2 Å². The van der Waals surface area contributed by atoms with Crippen LogP contribution in [0.2, 0.25) is 0 Å². The van der Waals surface area contributed by atoms with Gasteiger partial charge in [0.15, 0.2) is 5.78 Å². The van der Waals surface area contributed by atoms with Crippen molar-refractivity contribution in [1.82, 2.24) is 4.98 Å². The predicted molar refractivity (Wildman–Crippen MR) is 104 cm³/mol. The second kappa shape index (κ2) is 10.1. The average Bonchev–Trinajstić information content (AvgIpc) is 2.70. The van der Waals surface area contributed by atoms with Crippen LogP contribution in [0.3, 0.4) is 0 Å². The number of aromatic nitrogens is 1. The number of benzene rings is 1. The van der Waals surface area contributed by atoms with Gasteiger partial charge in [-0.05, 0) is 19.4 Å². The van der Waals surface area contributed by atoms with Crippen molar-refractivity contribution in [3.8, 4) is 0 Å². The Balaban J connectivity index is 1.77. The van der Waals surface area contributed by atoms with Gasteiger partial charge >= 0.3 is 5.97 Å². The zero-order valence-corrected chi connectivity index (χ0v) is 15.9. The molecule has 1 aromatic heterocycles. The smallest absolute Gasteiger partial charge is 0.306 e. The molecular weight excluding hydrogens is 362 g/mol. The zero-order chi connectivity index (χ0) is 20.5. The SMILES string of the molecule is CCC(COC(=O)CCC(=O)c1ccc(C)cc1)Nc1ccc([N+](=O)[O-])cn1. The van der Waals surface area contributed by atoms with Crippen molar-refractivity contribution in [3.63, 3.8) is 0 Å². The van der Waals surface area contributed by atoms with Gasteiger partial charge in [0.2, 0.25) is 0 Å². The van der Waals surface area contributed by atoms with Gasteiger partial charge in [0.1, 0.15) is 18.6 Å². The molecule has 1 N–H and O–H groups in total. The second-order valence-electron chi connectivity index (χ2n) is 6.38. The van der Waals surface area contributed by atoms with Crippen molar-refractivity contribution in [2.24, 2.45) is 0 Å². The number of nitro groups is 1. The fourth-order valence-corrected chi connectivity index (χ4v) is 2.42. The summed E-state index contributed by atoms with van der Waals surface area (Å²) in [6.45, 7) is 3.97. The topological polar surface area (TPSA) is 111 Å². The Bertz CT molecular complexity index is 819. The predicted octanol–water partition coefficient (Wildman–Crippen LogP) is 3.70. The van der Waals surface area contributed by atoms with E-state index in [2.05, 4.69) is 10.3 Å². The van der Waals surface area contributed by atoms with E-state index in [9.17, 15) is 19.7 Å². The number of nitrogens with one attached hydrogen (secondary N) is 1. The Morgan fingerprint density at radius 3 is 2.46 bits per heavy atom. The highest BCUT2D eigenvalue weighted by Gasteiger charge is 2.14. The van der Waals surface area contributed by atoms with Crippen LogP contribution < -0.4 is 5.32 Å². The summed E-state index contributed by atoms with van der Waals surface area (Å²) in [5.41, 5.74) is 1.55. The second-order valence-corrected chi connectivity index (χ2v) is 6.38. The van der Waals surface area contributed by atoms with Gasteiger partial charge in [-0.2, -0.15) is 0 Å². The first-order chi connectivity index (χ1) is 13.4. The van der Waals surface area contributed by atoms with Gasteiger partial charge < -0.3 is 10.1 Å². The molecule has 1 aromatic carbocycles. The van der Waals surface area contributed by atoms with E-state index in [0.717, 1.165) is 11.8 Å². The van der Waals surface area contributed by atoms with Crippen LogP contribution in [0.5, 0.6) is 0 Å². The Morgan fingerprint density at radius 2 is 1.89 bits per heavy atom. The van der Waals surface area contributed by atoms with Crippen molar-refractivity contribution < 1.29 is 19.2 Å². The van der Waals surface area contributed by atoms with Gasteiger partial charge in [-0.1, -0.05) is 36.8 Å². The Kier molecular flexibility index (Phi) is 7.62. The van der Waals surface area contributed by atoms with Crippen LogP contribution in [0.15, 0.2) is 42.6 Å². The molecule has 1 atom stereocenters. The van der Waals surface area contributed by atoms with Crippen LogP contribution in [-0.4, -0.2) is 34.3 Å². The van der Waals surface area contributed by atoms with Crippen molar-refractivity contribution in [3.05, 3.63) is 63.8 Å². The number of Topliss-reactive ketones (excluding diaryl/α,β-unsaturated/α-hetero) is 1. The van der Waals surface area contributed by atoms with Gasteiger partial charge in [-0.3, -0.25) is 19.7 Å². The van der Waals surface area contributed by atoms with E-state index in [0.29, 0.717) is 17.8 Å². The van der Waals surface area contributed by atoms with Gasteiger partial charge in [0.25, 0.3) is 5.69 Å². The highest BCUT2D eigenvalue weighted by atomic mass is 16.6. The molecular formula is C20H23N3O5. The molecule has 148 valence electrons. The fraction of sp³-hybridized carbons (Fsp3) is 0.350. The number of hydrogen-bond acceptors (Lipinski definition) is 7. The number of aryl methyl sites for hydroxylation is 1. The molecule has 0 saturated carbocycles. The zero-order valence-electron chi connectivity index (χ0n) is 15.9. The maximum absolute atomic E-state index is 12.1. The third-order valence-electron chi connectivity index (χ3n) is 4.18. The number of nitrogens with zero attached hydrogens (tertiary/aromatic N) is 2. The lowest BCUT2D eigenvalue weighted by Gasteiger charge is -2.17. The number of carbonyl (C=O) groups is 2. The van der Waals surface area contributed by atoms with Gasteiger partial charge in [-0.15, -0.1) is 0 Å². The molecule has 28 heavy (non-hydrogen) atoms. The quantitative estimate of drug-likeness (QED) is 0.287. The summed E-state index contributed by atoms with van der Waals surface area (Å²) in [6, 6.07) is 9.87. The highest BCUT2D eigenvalue weighted by Crippen LogP contribution is 2.14. The van der Waals surface area contributed by atoms with E-state index < -0.39 is 10.9 Å².